The van der Waals surface area contributed by atoms with Crippen molar-refractivity contribution in [2.75, 3.05) is 42.3 Å². The van der Waals surface area contributed by atoms with E-state index in [2.05, 4.69) is 20.3 Å². The van der Waals surface area contributed by atoms with Crippen LogP contribution in [0.1, 0.15) is 35.3 Å². The predicted octanol–water partition coefficient (Wildman–Crippen LogP) is 2.90. The molecule has 1 aliphatic rings. The highest BCUT2D eigenvalue weighted by atomic mass is 32.2. The van der Waals surface area contributed by atoms with Gasteiger partial charge in [0.15, 0.2) is 0 Å². The van der Waals surface area contributed by atoms with Gasteiger partial charge in [0.2, 0.25) is 0 Å². The molecule has 31 heavy (non-hydrogen) atoms. The summed E-state index contributed by atoms with van der Waals surface area (Å²) < 4.78 is 28.5. The number of amides is 1. The van der Waals surface area contributed by atoms with Gasteiger partial charge in [0, 0.05) is 44.1 Å². The lowest BCUT2D eigenvalue weighted by Crippen LogP contribution is -2.44. The van der Waals surface area contributed by atoms with Crippen LogP contribution in [0.4, 0.5) is 11.4 Å². The van der Waals surface area contributed by atoms with Gasteiger partial charge in [0.05, 0.1) is 10.5 Å². The van der Waals surface area contributed by atoms with Gasteiger partial charge >= 0.3 is 0 Å². The molecule has 0 radical (unpaired) electrons. The highest BCUT2D eigenvalue weighted by Crippen LogP contribution is 2.27. The average molecular weight is 445 g/mol. The van der Waals surface area contributed by atoms with E-state index in [9.17, 15) is 13.2 Å². The normalized spacial score (nSPS) is 14.5. The summed E-state index contributed by atoms with van der Waals surface area (Å²) in [6, 6.07) is 10.2. The van der Waals surface area contributed by atoms with Crippen LogP contribution in [0.25, 0.3) is 0 Å². The number of nitrogens with one attached hydrogen (secondary N) is 3. The summed E-state index contributed by atoms with van der Waals surface area (Å²) in [5.74, 6) is 0.118. The van der Waals surface area contributed by atoms with Crippen molar-refractivity contribution in [1.29, 1.82) is 0 Å². The summed E-state index contributed by atoms with van der Waals surface area (Å²) in [7, 11) is -3.76. The molecule has 2 aromatic rings. The maximum absolute atomic E-state index is 13.0. The summed E-state index contributed by atoms with van der Waals surface area (Å²) in [6.45, 7) is 11.7. The molecule has 3 N–H and O–H groups in total. The molecule has 0 saturated carbocycles. The molecule has 7 nitrogen and oxygen atoms in total. The first-order valence-electron chi connectivity index (χ1n) is 10.7. The van der Waals surface area contributed by atoms with Crippen molar-refractivity contribution in [3.63, 3.8) is 0 Å². The van der Waals surface area contributed by atoms with Gasteiger partial charge in [0.25, 0.3) is 15.9 Å². The van der Waals surface area contributed by atoms with E-state index in [1.165, 1.54) is 0 Å². The zero-order valence-electron chi connectivity index (χ0n) is 18.7. The molecule has 3 rings (SSSR count). The first-order valence-corrected chi connectivity index (χ1v) is 12.1. The molecule has 168 valence electrons. The van der Waals surface area contributed by atoms with Crippen LogP contribution in [0.3, 0.4) is 0 Å². The Morgan fingerprint density at radius 2 is 1.77 bits per heavy atom. The Kier molecular flexibility index (Phi) is 7.23. The summed E-state index contributed by atoms with van der Waals surface area (Å²) in [4.78, 5) is 15.3. The van der Waals surface area contributed by atoms with E-state index in [1.54, 1.807) is 30.3 Å². The Labute approximate surface area is 185 Å². The van der Waals surface area contributed by atoms with E-state index in [0.717, 1.165) is 43.0 Å². The highest BCUT2D eigenvalue weighted by molar-refractivity contribution is 7.92. The monoisotopic (exact) mass is 444 g/mol. The molecular formula is C23H32N4O3S. The van der Waals surface area contributed by atoms with E-state index in [0.29, 0.717) is 23.7 Å². The van der Waals surface area contributed by atoms with Crippen LogP contribution >= 0.6 is 0 Å². The minimum absolute atomic E-state index is 0.200. The minimum atomic E-state index is -3.76. The fourth-order valence-electron chi connectivity index (χ4n) is 3.45. The first-order chi connectivity index (χ1) is 14.7. The molecule has 0 aromatic heterocycles. The Morgan fingerprint density at radius 1 is 1.06 bits per heavy atom. The minimum Gasteiger partial charge on any atom is -0.368 e. The predicted molar refractivity (Wildman–Crippen MR) is 125 cm³/mol. The number of hydrogen-bond donors (Lipinski definition) is 3. The third-order valence-electron chi connectivity index (χ3n) is 5.41. The molecule has 0 atom stereocenters. The van der Waals surface area contributed by atoms with Crippen molar-refractivity contribution in [2.45, 2.75) is 32.6 Å². The molecule has 8 heteroatoms. The van der Waals surface area contributed by atoms with Crippen LogP contribution in [-0.4, -0.2) is 47.0 Å². The second-order valence-electron chi connectivity index (χ2n) is 8.42. The zero-order chi connectivity index (χ0) is 22.6. The van der Waals surface area contributed by atoms with Crippen LogP contribution in [0.5, 0.6) is 0 Å². The van der Waals surface area contributed by atoms with Crippen LogP contribution in [0.15, 0.2) is 41.3 Å². The molecule has 0 spiro atoms. The van der Waals surface area contributed by atoms with Crippen molar-refractivity contribution >= 4 is 27.3 Å². The molecule has 1 saturated heterocycles. The molecule has 1 aliphatic heterocycles. The quantitative estimate of drug-likeness (QED) is 0.611. The molecule has 1 amide bonds. The number of benzene rings is 2. The Balaban J connectivity index is 1.92. The molecule has 0 aliphatic carbocycles. The lowest BCUT2D eigenvalue weighted by atomic mass is 10.1. The van der Waals surface area contributed by atoms with Crippen molar-refractivity contribution in [2.24, 2.45) is 5.92 Å². The van der Waals surface area contributed by atoms with Crippen molar-refractivity contribution < 1.29 is 13.2 Å². The number of sulfonamides is 1. The van der Waals surface area contributed by atoms with Gasteiger partial charge in [0.1, 0.15) is 0 Å². The Morgan fingerprint density at radius 3 is 2.42 bits per heavy atom. The first kappa shape index (κ1) is 23.1. The lowest BCUT2D eigenvalue weighted by Gasteiger charge is -2.31. The number of anilines is 2. The molecule has 0 unspecified atom stereocenters. The molecular weight excluding hydrogens is 412 g/mol. The van der Waals surface area contributed by atoms with Crippen molar-refractivity contribution in [3.8, 4) is 0 Å². The van der Waals surface area contributed by atoms with Crippen LogP contribution in [-0.2, 0) is 10.0 Å². The maximum atomic E-state index is 13.0. The fourth-order valence-corrected chi connectivity index (χ4v) is 4.58. The molecule has 1 heterocycles. The van der Waals surface area contributed by atoms with E-state index in [4.69, 9.17) is 0 Å². The molecule has 2 aromatic carbocycles. The van der Waals surface area contributed by atoms with Crippen LogP contribution in [0.2, 0.25) is 0 Å². The Hall–Kier alpha value is -2.58. The van der Waals surface area contributed by atoms with Gasteiger partial charge in [-0.2, -0.15) is 0 Å². The van der Waals surface area contributed by atoms with Gasteiger partial charge in [-0.25, -0.2) is 8.42 Å². The van der Waals surface area contributed by atoms with Crippen molar-refractivity contribution in [1.82, 2.24) is 10.6 Å². The number of carbonyl (C=O) groups excluding carboxylic acids is 1. The number of piperazine rings is 1. The van der Waals surface area contributed by atoms with E-state index < -0.39 is 10.0 Å². The smallest absolute Gasteiger partial charge is 0.261 e. The fraction of sp³-hybridized carbons (Fsp3) is 0.435. The molecule has 0 bridgehead atoms. The van der Waals surface area contributed by atoms with Gasteiger partial charge in [-0.05, 0) is 61.2 Å². The van der Waals surface area contributed by atoms with Crippen LogP contribution < -0.4 is 20.3 Å². The lowest BCUT2D eigenvalue weighted by molar-refractivity contribution is 0.0949. The second-order valence-corrected chi connectivity index (χ2v) is 10.1. The summed E-state index contributed by atoms with van der Waals surface area (Å²) in [5.41, 5.74) is 3.60. The largest absolute Gasteiger partial charge is 0.368 e. The third-order valence-corrected chi connectivity index (χ3v) is 6.79. The summed E-state index contributed by atoms with van der Waals surface area (Å²) in [6.07, 6.45) is 0. The third kappa shape index (κ3) is 5.77. The SMILES string of the molecule is Cc1ccc(S(=O)(=O)Nc2ccc(N3CCNCC3)c(C(=O)NCC(C)C)c2)cc1C. The van der Waals surface area contributed by atoms with E-state index >= 15 is 0 Å². The topological polar surface area (TPSA) is 90.5 Å². The van der Waals surface area contributed by atoms with E-state index in [-0.39, 0.29) is 10.8 Å². The molecule has 1 fully saturated rings. The van der Waals surface area contributed by atoms with Gasteiger partial charge in [-0.3, -0.25) is 9.52 Å². The summed E-state index contributed by atoms with van der Waals surface area (Å²) in [5, 5.41) is 6.26. The zero-order valence-corrected chi connectivity index (χ0v) is 19.5. The maximum Gasteiger partial charge on any atom is 0.261 e. The van der Waals surface area contributed by atoms with Gasteiger partial charge in [-0.15, -0.1) is 0 Å². The summed E-state index contributed by atoms with van der Waals surface area (Å²) >= 11 is 0. The van der Waals surface area contributed by atoms with Crippen LogP contribution in [0, 0.1) is 19.8 Å². The standard InChI is InChI=1S/C23H32N4O3S/c1-16(2)15-25-23(28)21-14-19(6-8-22(21)27-11-9-24-10-12-27)26-31(29,30)20-7-5-17(3)18(4)13-20/h5-8,13-14,16,24,26H,9-12,15H2,1-4H3,(H,25,28). The number of hydrogen-bond acceptors (Lipinski definition) is 5. The average Bonchev–Trinajstić information content (AvgIpc) is 2.74. The Bertz CT molecular complexity index is 1040. The van der Waals surface area contributed by atoms with Gasteiger partial charge < -0.3 is 15.5 Å². The number of nitrogens with zero attached hydrogens (tertiary/aromatic N) is 1. The number of aryl methyl sites for hydroxylation is 2. The number of rotatable bonds is 7. The highest BCUT2D eigenvalue weighted by Gasteiger charge is 2.21. The van der Waals surface area contributed by atoms with E-state index in [1.807, 2.05) is 33.8 Å². The van der Waals surface area contributed by atoms with Gasteiger partial charge in [-0.1, -0.05) is 19.9 Å². The van der Waals surface area contributed by atoms with Crippen molar-refractivity contribution in [3.05, 3.63) is 53.1 Å². The number of carbonyl (C=O) groups is 1. The second kappa shape index (κ2) is 9.70.